The van der Waals surface area contributed by atoms with Crippen LogP contribution in [-0.2, 0) is 4.79 Å². The molecular weight excluding hydrogens is 388 g/mol. The van der Waals surface area contributed by atoms with Gasteiger partial charge in [-0.3, -0.25) is 4.79 Å². The summed E-state index contributed by atoms with van der Waals surface area (Å²) < 4.78 is 11.4. The Bertz CT molecular complexity index is 989. The Hall–Kier alpha value is -3.31. The Balaban J connectivity index is 1.63. The zero-order valence-electron chi connectivity index (χ0n) is 18.4. The smallest absolute Gasteiger partial charge is 0.279 e. The van der Waals surface area contributed by atoms with E-state index in [-0.39, 0.29) is 11.9 Å². The molecule has 3 rings (SSSR count). The Morgan fingerprint density at radius 1 is 0.903 bits per heavy atom. The van der Waals surface area contributed by atoms with E-state index in [1.807, 2.05) is 92.0 Å². The highest BCUT2D eigenvalue weighted by molar-refractivity contribution is 5.95. The lowest BCUT2D eigenvalue weighted by atomic mass is 10.0. The summed E-state index contributed by atoms with van der Waals surface area (Å²) >= 11 is 0. The highest BCUT2D eigenvalue weighted by Crippen LogP contribution is 2.30. The lowest BCUT2D eigenvalue weighted by molar-refractivity contribution is -0.682. The van der Waals surface area contributed by atoms with Crippen LogP contribution in [0.25, 0.3) is 11.1 Å². The van der Waals surface area contributed by atoms with Gasteiger partial charge in [-0.15, -0.1) is 0 Å². The van der Waals surface area contributed by atoms with Crippen molar-refractivity contribution in [1.82, 2.24) is 0 Å². The van der Waals surface area contributed by atoms with Gasteiger partial charge in [0.15, 0.2) is 18.0 Å². The lowest BCUT2D eigenvalue weighted by Crippen LogP contribution is -2.86. The second-order valence-corrected chi connectivity index (χ2v) is 7.26. The van der Waals surface area contributed by atoms with Crippen molar-refractivity contribution in [1.29, 1.82) is 0 Å². The first kappa shape index (κ1) is 22.4. The molecule has 5 heteroatoms. The van der Waals surface area contributed by atoms with Gasteiger partial charge < -0.3 is 20.1 Å². The number of quaternary nitrogens is 1. The average molecular weight is 420 g/mol. The Morgan fingerprint density at radius 2 is 1.58 bits per heavy atom. The van der Waals surface area contributed by atoms with Crippen LogP contribution in [0.2, 0.25) is 0 Å². The molecule has 0 unspecified atom stereocenters. The molecule has 0 aromatic heterocycles. The van der Waals surface area contributed by atoms with Crippen molar-refractivity contribution in [2.45, 2.75) is 26.8 Å². The summed E-state index contributed by atoms with van der Waals surface area (Å²) in [4.78, 5) is 12.7. The van der Waals surface area contributed by atoms with Crippen molar-refractivity contribution in [3.8, 4) is 22.6 Å². The summed E-state index contributed by atoms with van der Waals surface area (Å²) in [6.45, 7) is 7.47. The topological polar surface area (TPSA) is 64.2 Å². The Kier molecular flexibility index (Phi) is 8.07. The number of anilines is 1. The van der Waals surface area contributed by atoms with Crippen LogP contribution in [0.5, 0.6) is 11.5 Å². The van der Waals surface area contributed by atoms with Gasteiger partial charge in [0.2, 0.25) is 0 Å². The standard InChI is InChI=1S/C26H30N2O3/c1-4-30-24-16-15-21(17-25(24)31-5-2)19(3)27-18-26(29)28-23-14-10-9-13-22(23)20-11-7-6-8-12-20/h6-17,19,27H,4-5,18H2,1-3H3,(H,28,29)/p+1/t19-/m0/s1. The zero-order chi connectivity index (χ0) is 22.1. The molecule has 3 aromatic rings. The molecule has 162 valence electrons. The summed E-state index contributed by atoms with van der Waals surface area (Å²) in [5, 5.41) is 5.08. The lowest BCUT2D eigenvalue weighted by Gasteiger charge is -2.16. The third-order valence-electron chi connectivity index (χ3n) is 5.04. The number of carbonyl (C=O) groups excluding carboxylic acids is 1. The molecule has 0 fully saturated rings. The van der Waals surface area contributed by atoms with E-state index < -0.39 is 0 Å². The van der Waals surface area contributed by atoms with Crippen LogP contribution in [-0.4, -0.2) is 25.7 Å². The maximum atomic E-state index is 12.7. The molecule has 0 aliphatic rings. The van der Waals surface area contributed by atoms with E-state index in [0.29, 0.717) is 19.8 Å². The summed E-state index contributed by atoms with van der Waals surface area (Å²) in [5.41, 5.74) is 4.00. The third kappa shape index (κ3) is 6.09. The molecule has 1 amide bonds. The van der Waals surface area contributed by atoms with Crippen molar-refractivity contribution in [2.24, 2.45) is 0 Å². The van der Waals surface area contributed by atoms with Crippen LogP contribution in [0.15, 0.2) is 72.8 Å². The van der Waals surface area contributed by atoms with E-state index in [1.54, 1.807) is 0 Å². The van der Waals surface area contributed by atoms with E-state index in [9.17, 15) is 4.79 Å². The number of hydrogen-bond acceptors (Lipinski definition) is 3. The first-order chi connectivity index (χ1) is 15.1. The maximum Gasteiger partial charge on any atom is 0.279 e. The van der Waals surface area contributed by atoms with Crippen molar-refractivity contribution < 1.29 is 19.6 Å². The first-order valence-corrected chi connectivity index (χ1v) is 10.8. The number of rotatable bonds is 10. The molecule has 0 saturated heterocycles. The summed E-state index contributed by atoms with van der Waals surface area (Å²) in [5.74, 6) is 1.45. The highest BCUT2D eigenvalue weighted by Gasteiger charge is 2.16. The first-order valence-electron chi connectivity index (χ1n) is 10.8. The van der Waals surface area contributed by atoms with Crippen molar-refractivity contribution in [2.75, 3.05) is 25.1 Å². The van der Waals surface area contributed by atoms with Gasteiger partial charge >= 0.3 is 0 Å². The number of para-hydroxylation sites is 1. The quantitative estimate of drug-likeness (QED) is 0.511. The largest absolute Gasteiger partial charge is 0.490 e. The number of nitrogens with two attached hydrogens (primary N) is 1. The minimum Gasteiger partial charge on any atom is -0.490 e. The van der Waals surface area contributed by atoms with Crippen LogP contribution < -0.4 is 20.1 Å². The molecule has 5 nitrogen and oxygen atoms in total. The minimum absolute atomic E-state index is 0.0359. The van der Waals surface area contributed by atoms with E-state index in [2.05, 4.69) is 12.2 Å². The summed E-state index contributed by atoms with van der Waals surface area (Å²) in [6.07, 6.45) is 0. The Labute approximate surface area is 184 Å². The second kappa shape index (κ2) is 11.2. The fourth-order valence-corrected chi connectivity index (χ4v) is 3.43. The van der Waals surface area contributed by atoms with Gasteiger partial charge in [0.05, 0.1) is 13.2 Å². The van der Waals surface area contributed by atoms with Gasteiger partial charge in [0, 0.05) is 16.8 Å². The minimum atomic E-state index is -0.0359. The predicted molar refractivity (Wildman–Crippen MR) is 124 cm³/mol. The maximum absolute atomic E-state index is 12.7. The number of ether oxygens (including phenoxy) is 2. The van der Waals surface area contributed by atoms with Crippen LogP contribution in [0.3, 0.4) is 0 Å². The molecule has 1 atom stereocenters. The molecule has 0 aliphatic carbocycles. The molecule has 0 radical (unpaired) electrons. The number of benzene rings is 3. The van der Waals surface area contributed by atoms with Crippen LogP contribution in [0.4, 0.5) is 5.69 Å². The van der Waals surface area contributed by atoms with Crippen molar-refractivity contribution in [3.63, 3.8) is 0 Å². The summed E-state index contributed by atoms with van der Waals surface area (Å²) in [7, 11) is 0. The van der Waals surface area contributed by atoms with Gasteiger partial charge in [0.25, 0.3) is 5.91 Å². The van der Waals surface area contributed by atoms with E-state index in [0.717, 1.165) is 33.9 Å². The van der Waals surface area contributed by atoms with Crippen molar-refractivity contribution in [3.05, 3.63) is 78.4 Å². The van der Waals surface area contributed by atoms with Gasteiger partial charge in [-0.1, -0.05) is 48.5 Å². The second-order valence-electron chi connectivity index (χ2n) is 7.26. The fourth-order valence-electron chi connectivity index (χ4n) is 3.43. The monoisotopic (exact) mass is 419 g/mol. The molecule has 0 aliphatic heterocycles. The zero-order valence-corrected chi connectivity index (χ0v) is 18.4. The van der Waals surface area contributed by atoms with E-state index in [4.69, 9.17) is 9.47 Å². The van der Waals surface area contributed by atoms with Gasteiger partial charge in [0.1, 0.15) is 6.04 Å². The van der Waals surface area contributed by atoms with Crippen molar-refractivity contribution >= 4 is 11.6 Å². The van der Waals surface area contributed by atoms with Crippen LogP contribution in [0, 0.1) is 0 Å². The molecule has 0 bridgehead atoms. The molecule has 3 N–H and O–H groups in total. The number of amides is 1. The number of hydrogen-bond donors (Lipinski definition) is 2. The fraction of sp³-hybridized carbons (Fsp3) is 0.269. The molecule has 0 saturated carbocycles. The molecular formula is C26H31N2O3+. The molecule has 31 heavy (non-hydrogen) atoms. The highest BCUT2D eigenvalue weighted by atomic mass is 16.5. The van der Waals surface area contributed by atoms with Gasteiger partial charge in [-0.25, -0.2) is 0 Å². The predicted octanol–water partition coefficient (Wildman–Crippen LogP) is 4.41. The number of nitrogens with one attached hydrogen (secondary N) is 1. The molecule has 0 spiro atoms. The Morgan fingerprint density at radius 3 is 2.32 bits per heavy atom. The van der Waals surface area contributed by atoms with E-state index in [1.165, 1.54) is 0 Å². The van der Waals surface area contributed by atoms with Gasteiger partial charge in [-0.05, 0) is 50.6 Å². The number of carbonyl (C=O) groups is 1. The summed E-state index contributed by atoms with van der Waals surface area (Å²) in [6, 6.07) is 24.0. The normalized spacial score (nSPS) is 11.6. The molecule has 3 aromatic carbocycles. The third-order valence-corrected chi connectivity index (χ3v) is 5.04. The van der Waals surface area contributed by atoms with Gasteiger partial charge in [-0.2, -0.15) is 0 Å². The average Bonchev–Trinajstić information content (AvgIpc) is 2.80. The van der Waals surface area contributed by atoms with Crippen LogP contribution >= 0.6 is 0 Å². The molecule has 0 heterocycles. The SMILES string of the molecule is CCOc1ccc([C@H](C)[NH2+]CC(=O)Nc2ccccc2-c2ccccc2)cc1OCC. The van der Waals surface area contributed by atoms with Crippen LogP contribution in [0.1, 0.15) is 32.4 Å². The van der Waals surface area contributed by atoms with E-state index >= 15 is 0 Å².